The zero-order valence-electron chi connectivity index (χ0n) is 11.3. The number of carbonyl (C=O) groups excluding carboxylic acids is 1. The lowest BCUT2D eigenvalue weighted by atomic mass is 10.2. The molecule has 17 heavy (non-hydrogen) atoms. The Bertz CT molecular complexity index is 373. The molecule has 1 amide bonds. The molecule has 1 atom stereocenters. The first-order valence-electron chi connectivity index (χ1n) is 5.97. The van der Waals surface area contributed by atoms with Crippen LogP contribution in [0.15, 0.2) is 12.1 Å². The van der Waals surface area contributed by atoms with Crippen molar-refractivity contribution in [3.63, 3.8) is 0 Å². The average Bonchev–Trinajstić information content (AvgIpc) is 2.71. The second-order valence-corrected chi connectivity index (χ2v) is 5.97. The molecule has 3 nitrogen and oxygen atoms in total. The Morgan fingerprint density at radius 2 is 2.06 bits per heavy atom. The molecule has 0 radical (unpaired) electrons. The Labute approximate surface area is 108 Å². The maximum atomic E-state index is 11.8. The van der Waals surface area contributed by atoms with E-state index in [0.717, 1.165) is 0 Å². The highest BCUT2D eigenvalue weighted by molar-refractivity contribution is 7.12. The van der Waals surface area contributed by atoms with E-state index in [1.165, 1.54) is 9.75 Å². The van der Waals surface area contributed by atoms with Gasteiger partial charge in [0, 0.05) is 28.9 Å². The average molecular weight is 254 g/mol. The maximum absolute atomic E-state index is 11.8. The standard InChI is InChI=1S/C13H22N2OS/c1-9(2)15(5)13(16)8-14-11(4)12-7-6-10(3)17-12/h6-7,9,11,14H,8H2,1-5H3. The van der Waals surface area contributed by atoms with Crippen molar-refractivity contribution < 1.29 is 4.79 Å². The van der Waals surface area contributed by atoms with Crippen LogP contribution in [-0.4, -0.2) is 30.4 Å². The maximum Gasteiger partial charge on any atom is 0.236 e. The summed E-state index contributed by atoms with van der Waals surface area (Å²) >= 11 is 1.77. The molecule has 1 aromatic rings. The van der Waals surface area contributed by atoms with E-state index < -0.39 is 0 Å². The summed E-state index contributed by atoms with van der Waals surface area (Å²) in [5.74, 6) is 0.139. The number of thiophene rings is 1. The van der Waals surface area contributed by atoms with E-state index in [2.05, 4.69) is 31.3 Å². The molecule has 0 aliphatic carbocycles. The van der Waals surface area contributed by atoms with Gasteiger partial charge in [-0.25, -0.2) is 0 Å². The van der Waals surface area contributed by atoms with Crippen LogP contribution in [-0.2, 0) is 4.79 Å². The summed E-state index contributed by atoms with van der Waals surface area (Å²) in [6.45, 7) is 8.62. The third-order valence-corrected chi connectivity index (χ3v) is 4.10. The topological polar surface area (TPSA) is 32.3 Å². The van der Waals surface area contributed by atoms with Crippen molar-refractivity contribution in [2.75, 3.05) is 13.6 Å². The van der Waals surface area contributed by atoms with Crippen molar-refractivity contribution in [1.82, 2.24) is 10.2 Å². The van der Waals surface area contributed by atoms with Crippen LogP contribution in [0, 0.1) is 6.92 Å². The minimum absolute atomic E-state index is 0.139. The van der Waals surface area contributed by atoms with Crippen LogP contribution in [0.1, 0.15) is 36.6 Å². The van der Waals surface area contributed by atoms with E-state index in [1.807, 2.05) is 20.9 Å². The van der Waals surface area contributed by atoms with E-state index in [9.17, 15) is 4.79 Å². The molecule has 0 spiro atoms. The molecule has 0 fully saturated rings. The Morgan fingerprint density at radius 1 is 1.41 bits per heavy atom. The summed E-state index contributed by atoms with van der Waals surface area (Å²) in [5, 5.41) is 3.27. The summed E-state index contributed by atoms with van der Waals surface area (Å²) in [5.41, 5.74) is 0. The van der Waals surface area contributed by atoms with E-state index in [1.54, 1.807) is 16.2 Å². The quantitative estimate of drug-likeness (QED) is 0.876. The number of amides is 1. The van der Waals surface area contributed by atoms with Gasteiger partial charge in [0.15, 0.2) is 0 Å². The minimum Gasteiger partial charge on any atom is -0.342 e. The predicted octanol–water partition coefficient (Wildman–Crippen LogP) is 2.57. The highest BCUT2D eigenvalue weighted by Crippen LogP contribution is 2.21. The van der Waals surface area contributed by atoms with Gasteiger partial charge in [0.1, 0.15) is 0 Å². The predicted molar refractivity (Wildman–Crippen MR) is 73.4 cm³/mol. The highest BCUT2D eigenvalue weighted by atomic mass is 32.1. The smallest absolute Gasteiger partial charge is 0.236 e. The highest BCUT2D eigenvalue weighted by Gasteiger charge is 2.14. The van der Waals surface area contributed by atoms with E-state index in [-0.39, 0.29) is 18.0 Å². The molecule has 1 heterocycles. The molecule has 1 N–H and O–H groups in total. The van der Waals surface area contributed by atoms with Crippen LogP contribution >= 0.6 is 11.3 Å². The van der Waals surface area contributed by atoms with E-state index >= 15 is 0 Å². The Morgan fingerprint density at radius 3 is 2.53 bits per heavy atom. The lowest BCUT2D eigenvalue weighted by Crippen LogP contribution is -2.39. The van der Waals surface area contributed by atoms with Gasteiger partial charge in [-0.2, -0.15) is 0 Å². The molecule has 0 bridgehead atoms. The fourth-order valence-electron chi connectivity index (χ4n) is 1.44. The molecule has 0 aliphatic rings. The van der Waals surface area contributed by atoms with Gasteiger partial charge >= 0.3 is 0 Å². The third-order valence-electron chi connectivity index (χ3n) is 2.92. The van der Waals surface area contributed by atoms with E-state index in [4.69, 9.17) is 0 Å². The number of nitrogens with zero attached hydrogens (tertiary/aromatic N) is 1. The monoisotopic (exact) mass is 254 g/mol. The molecular weight excluding hydrogens is 232 g/mol. The Balaban J connectivity index is 2.43. The number of nitrogens with one attached hydrogen (secondary N) is 1. The fraction of sp³-hybridized carbons (Fsp3) is 0.615. The number of hydrogen-bond donors (Lipinski definition) is 1. The van der Waals surface area contributed by atoms with Gasteiger partial charge in [-0.05, 0) is 39.8 Å². The summed E-state index contributed by atoms with van der Waals surface area (Å²) < 4.78 is 0. The SMILES string of the molecule is Cc1ccc(C(C)NCC(=O)N(C)C(C)C)s1. The van der Waals surface area contributed by atoms with Gasteiger partial charge in [0.05, 0.1) is 6.54 Å². The second-order valence-electron chi connectivity index (χ2n) is 4.65. The normalized spacial score (nSPS) is 12.8. The van der Waals surface area contributed by atoms with Gasteiger partial charge in [0.25, 0.3) is 0 Å². The molecule has 0 saturated heterocycles. The van der Waals surface area contributed by atoms with Crippen LogP contribution in [0.25, 0.3) is 0 Å². The molecular formula is C13H22N2OS. The molecule has 1 unspecified atom stereocenters. The van der Waals surface area contributed by atoms with Gasteiger partial charge in [-0.15, -0.1) is 11.3 Å². The first kappa shape index (κ1) is 14.2. The number of carbonyl (C=O) groups is 1. The van der Waals surface area contributed by atoms with Crippen molar-refractivity contribution in [2.45, 2.75) is 39.8 Å². The van der Waals surface area contributed by atoms with E-state index in [0.29, 0.717) is 6.54 Å². The minimum atomic E-state index is 0.139. The lowest BCUT2D eigenvalue weighted by molar-refractivity contribution is -0.130. The number of likely N-dealkylation sites (N-methyl/N-ethyl adjacent to an activating group) is 1. The summed E-state index contributed by atoms with van der Waals surface area (Å²) in [6.07, 6.45) is 0. The van der Waals surface area contributed by atoms with Crippen molar-refractivity contribution in [2.24, 2.45) is 0 Å². The van der Waals surface area contributed by atoms with Gasteiger partial charge in [-0.1, -0.05) is 0 Å². The first-order chi connectivity index (χ1) is 7.91. The third kappa shape index (κ3) is 4.13. The molecule has 0 aromatic carbocycles. The van der Waals surface area contributed by atoms with Crippen LogP contribution in [0.3, 0.4) is 0 Å². The zero-order chi connectivity index (χ0) is 13.0. The first-order valence-corrected chi connectivity index (χ1v) is 6.79. The fourth-order valence-corrected chi connectivity index (χ4v) is 2.34. The second kappa shape index (κ2) is 6.17. The Hall–Kier alpha value is -0.870. The lowest BCUT2D eigenvalue weighted by Gasteiger charge is -2.22. The van der Waals surface area contributed by atoms with Gasteiger partial charge in [0.2, 0.25) is 5.91 Å². The number of aryl methyl sites for hydroxylation is 1. The largest absolute Gasteiger partial charge is 0.342 e. The molecule has 1 aromatic heterocycles. The molecule has 1 rings (SSSR count). The van der Waals surface area contributed by atoms with Crippen molar-refractivity contribution >= 4 is 17.2 Å². The molecule has 0 aliphatic heterocycles. The van der Waals surface area contributed by atoms with Crippen LogP contribution in [0.5, 0.6) is 0 Å². The zero-order valence-corrected chi connectivity index (χ0v) is 12.1. The van der Waals surface area contributed by atoms with Crippen LogP contribution in [0.4, 0.5) is 0 Å². The molecule has 0 saturated carbocycles. The molecule has 4 heteroatoms. The summed E-state index contributed by atoms with van der Waals surface area (Å²) in [7, 11) is 1.84. The van der Waals surface area contributed by atoms with Crippen molar-refractivity contribution in [1.29, 1.82) is 0 Å². The van der Waals surface area contributed by atoms with Crippen molar-refractivity contribution in [3.05, 3.63) is 21.9 Å². The Kier molecular flexibility index (Phi) is 5.15. The number of hydrogen-bond acceptors (Lipinski definition) is 3. The van der Waals surface area contributed by atoms with Crippen LogP contribution in [0.2, 0.25) is 0 Å². The summed E-state index contributed by atoms with van der Waals surface area (Å²) in [4.78, 5) is 16.1. The van der Waals surface area contributed by atoms with Crippen LogP contribution < -0.4 is 5.32 Å². The van der Waals surface area contributed by atoms with Gasteiger partial charge < -0.3 is 10.2 Å². The summed E-state index contributed by atoms with van der Waals surface area (Å²) in [6, 6.07) is 4.72. The molecule has 96 valence electrons. The van der Waals surface area contributed by atoms with Gasteiger partial charge in [-0.3, -0.25) is 4.79 Å². The van der Waals surface area contributed by atoms with Crippen molar-refractivity contribution in [3.8, 4) is 0 Å². The number of rotatable bonds is 5.